The minimum Gasteiger partial charge on any atom is -0.329 e. The Balaban J connectivity index is 2.17. The Morgan fingerprint density at radius 1 is 1.33 bits per heavy atom. The van der Waals surface area contributed by atoms with E-state index < -0.39 is 0 Å². The highest BCUT2D eigenvalue weighted by Crippen LogP contribution is 2.30. The number of likely N-dealkylation sites (N-methyl/N-ethyl adjacent to an activating group) is 1. The van der Waals surface area contributed by atoms with E-state index in [-0.39, 0.29) is 6.04 Å². The summed E-state index contributed by atoms with van der Waals surface area (Å²) in [6.07, 6.45) is 0. The van der Waals surface area contributed by atoms with Gasteiger partial charge in [0.2, 0.25) is 0 Å². The summed E-state index contributed by atoms with van der Waals surface area (Å²) in [6, 6.07) is 6.26. The summed E-state index contributed by atoms with van der Waals surface area (Å²) in [5, 5.41) is 0.791. The summed E-state index contributed by atoms with van der Waals surface area (Å²) < 4.78 is 1.00. The fourth-order valence-electron chi connectivity index (χ4n) is 2.38. The summed E-state index contributed by atoms with van der Waals surface area (Å²) in [6.45, 7) is 4.87. The second-order valence-electron chi connectivity index (χ2n) is 4.76. The number of hydrogen-bond donors (Lipinski definition) is 1. The Kier molecular flexibility index (Phi) is 5.04. The first kappa shape index (κ1) is 14.3. The van der Waals surface area contributed by atoms with Crippen LogP contribution in [0.25, 0.3) is 0 Å². The van der Waals surface area contributed by atoms with Gasteiger partial charge in [-0.2, -0.15) is 0 Å². The van der Waals surface area contributed by atoms with Crippen molar-refractivity contribution in [3.63, 3.8) is 0 Å². The van der Waals surface area contributed by atoms with Crippen molar-refractivity contribution in [1.29, 1.82) is 0 Å². The van der Waals surface area contributed by atoms with Gasteiger partial charge in [-0.1, -0.05) is 33.6 Å². The molecule has 1 aliphatic heterocycles. The van der Waals surface area contributed by atoms with Crippen LogP contribution in [-0.4, -0.2) is 49.6 Å². The molecule has 1 saturated heterocycles. The number of halogens is 2. The molecule has 1 atom stereocenters. The van der Waals surface area contributed by atoms with Crippen molar-refractivity contribution < 1.29 is 0 Å². The fourth-order valence-corrected chi connectivity index (χ4v) is 3.18. The summed E-state index contributed by atoms with van der Waals surface area (Å²) in [5.74, 6) is 0. The van der Waals surface area contributed by atoms with Gasteiger partial charge in [0.05, 0.1) is 0 Å². The Labute approximate surface area is 122 Å². The van der Waals surface area contributed by atoms with Crippen LogP contribution in [0.3, 0.4) is 0 Å². The van der Waals surface area contributed by atoms with Crippen molar-refractivity contribution in [1.82, 2.24) is 9.80 Å². The van der Waals surface area contributed by atoms with Crippen LogP contribution in [0.15, 0.2) is 22.7 Å². The molecule has 1 fully saturated rings. The van der Waals surface area contributed by atoms with Gasteiger partial charge in [0.15, 0.2) is 0 Å². The summed E-state index contributed by atoms with van der Waals surface area (Å²) in [7, 11) is 2.15. The summed E-state index contributed by atoms with van der Waals surface area (Å²) in [4.78, 5) is 4.77. The van der Waals surface area contributed by atoms with E-state index in [2.05, 4.69) is 38.8 Å². The van der Waals surface area contributed by atoms with Crippen LogP contribution in [-0.2, 0) is 0 Å². The highest BCUT2D eigenvalue weighted by atomic mass is 79.9. The van der Waals surface area contributed by atoms with E-state index in [0.29, 0.717) is 6.54 Å². The number of nitrogens with two attached hydrogens (primary N) is 1. The molecule has 2 rings (SSSR count). The van der Waals surface area contributed by atoms with E-state index in [0.717, 1.165) is 41.2 Å². The van der Waals surface area contributed by atoms with E-state index >= 15 is 0 Å². The molecule has 2 N–H and O–H groups in total. The van der Waals surface area contributed by atoms with Crippen LogP contribution < -0.4 is 5.73 Å². The molecule has 0 radical (unpaired) electrons. The molecule has 0 bridgehead atoms. The second kappa shape index (κ2) is 6.35. The molecular formula is C13H19BrClN3. The van der Waals surface area contributed by atoms with Crippen molar-refractivity contribution in [2.45, 2.75) is 6.04 Å². The van der Waals surface area contributed by atoms with Crippen molar-refractivity contribution in [2.24, 2.45) is 5.73 Å². The second-order valence-corrected chi connectivity index (χ2v) is 6.08. The van der Waals surface area contributed by atoms with Gasteiger partial charge in [-0.3, -0.25) is 4.90 Å². The Hall–Kier alpha value is -0.130. The van der Waals surface area contributed by atoms with Gasteiger partial charge in [0.25, 0.3) is 0 Å². The van der Waals surface area contributed by atoms with Crippen LogP contribution in [0.2, 0.25) is 5.02 Å². The average molecular weight is 333 g/mol. The molecule has 0 amide bonds. The first-order valence-corrected chi connectivity index (χ1v) is 7.36. The lowest BCUT2D eigenvalue weighted by Gasteiger charge is -2.38. The molecule has 0 aromatic heterocycles. The normalized spacial score (nSPS) is 20.0. The molecule has 1 aromatic rings. The highest BCUT2D eigenvalue weighted by molar-refractivity contribution is 9.10. The van der Waals surface area contributed by atoms with Crippen LogP contribution in [0.4, 0.5) is 0 Å². The first-order chi connectivity index (χ1) is 8.61. The lowest BCUT2D eigenvalue weighted by atomic mass is 10.0. The van der Waals surface area contributed by atoms with Crippen LogP contribution in [0, 0.1) is 0 Å². The zero-order chi connectivity index (χ0) is 13.1. The molecule has 100 valence electrons. The van der Waals surface area contributed by atoms with Crippen molar-refractivity contribution in [3.05, 3.63) is 33.3 Å². The number of nitrogens with zero attached hydrogens (tertiary/aromatic N) is 2. The third-order valence-corrected chi connectivity index (χ3v) is 4.34. The molecule has 1 aliphatic rings. The van der Waals surface area contributed by atoms with Gasteiger partial charge in [0, 0.05) is 48.3 Å². The molecule has 1 heterocycles. The van der Waals surface area contributed by atoms with E-state index in [1.165, 1.54) is 0 Å². The smallest absolute Gasteiger partial charge is 0.0486 e. The van der Waals surface area contributed by atoms with Gasteiger partial charge in [-0.15, -0.1) is 0 Å². The Morgan fingerprint density at radius 3 is 2.56 bits per heavy atom. The Morgan fingerprint density at radius 2 is 2.00 bits per heavy atom. The molecular weight excluding hydrogens is 314 g/mol. The zero-order valence-corrected chi connectivity index (χ0v) is 12.9. The molecule has 0 saturated carbocycles. The lowest BCUT2D eigenvalue weighted by molar-refractivity contribution is 0.114. The first-order valence-electron chi connectivity index (χ1n) is 6.19. The number of piperazine rings is 1. The maximum atomic E-state index is 6.33. The van der Waals surface area contributed by atoms with Gasteiger partial charge < -0.3 is 10.6 Å². The molecule has 0 spiro atoms. The minimum atomic E-state index is 0.222. The predicted octanol–water partition coefficient (Wildman–Crippen LogP) is 2.35. The van der Waals surface area contributed by atoms with Gasteiger partial charge in [0.1, 0.15) is 0 Å². The van der Waals surface area contributed by atoms with Gasteiger partial charge in [-0.25, -0.2) is 0 Å². The van der Waals surface area contributed by atoms with Crippen LogP contribution >= 0.6 is 27.5 Å². The van der Waals surface area contributed by atoms with Gasteiger partial charge in [-0.05, 0) is 24.7 Å². The number of hydrogen-bond acceptors (Lipinski definition) is 3. The predicted molar refractivity (Wildman–Crippen MR) is 80.0 cm³/mol. The van der Waals surface area contributed by atoms with Crippen molar-refractivity contribution in [3.8, 4) is 0 Å². The van der Waals surface area contributed by atoms with Gasteiger partial charge >= 0.3 is 0 Å². The highest BCUT2D eigenvalue weighted by Gasteiger charge is 2.24. The standard InChI is InChI=1S/C13H19BrClN3/c1-17-4-6-18(7-5-17)13(9-16)11-3-2-10(14)8-12(11)15/h2-3,8,13H,4-7,9,16H2,1H3. The average Bonchev–Trinajstić information content (AvgIpc) is 2.35. The third kappa shape index (κ3) is 3.25. The fraction of sp³-hybridized carbons (Fsp3) is 0.538. The minimum absolute atomic E-state index is 0.222. The molecule has 0 aliphatic carbocycles. The molecule has 18 heavy (non-hydrogen) atoms. The Bertz CT molecular complexity index is 405. The van der Waals surface area contributed by atoms with E-state index in [1.54, 1.807) is 0 Å². The molecule has 1 aromatic carbocycles. The zero-order valence-electron chi connectivity index (χ0n) is 10.6. The topological polar surface area (TPSA) is 32.5 Å². The number of rotatable bonds is 3. The quantitative estimate of drug-likeness (QED) is 0.922. The van der Waals surface area contributed by atoms with E-state index in [4.69, 9.17) is 17.3 Å². The third-order valence-electron chi connectivity index (χ3n) is 3.52. The lowest BCUT2D eigenvalue weighted by Crippen LogP contribution is -2.47. The molecule has 5 heteroatoms. The monoisotopic (exact) mass is 331 g/mol. The molecule has 1 unspecified atom stereocenters. The molecule has 3 nitrogen and oxygen atoms in total. The van der Waals surface area contributed by atoms with E-state index in [1.807, 2.05) is 12.1 Å². The SMILES string of the molecule is CN1CCN(C(CN)c2ccc(Br)cc2Cl)CC1. The van der Waals surface area contributed by atoms with Crippen LogP contribution in [0.1, 0.15) is 11.6 Å². The number of benzene rings is 1. The van der Waals surface area contributed by atoms with Crippen LogP contribution in [0.5, 0.6) is 0 Å². The largest absolute Gasteiger partial charge is 0.329 e. The maximum Gasteiger partial charge on any atom is 0.0486 e. The summed E-state index contributed by atoms with van der Waals surface area (Å²) >= 11 is 9.76. The van der Waals surface area contributed by atoms with Crippen molar-refractivity contribution >= 4 is 27.5 Å². The van der Waals surface area contributed by atoms with Crippen molar-refractivity contribution in [2.75, 3.05) is 39.8 Å². The maximum absolute atomic E-state index is 6.33. The van der Waals surface area contributed by atoms with E-state index in [9.17, 15) is 0 Å². The summed E-state index contributed by atoms with van der Waals surface area (Å²) in [5.41, 5.74) is 7.08.